The van der Waals surface area contributed by atoms with Crippen molar-refractivity contribution in [1.82, 2.24) is 5.32 Å². The van der Waals surface area contributed by atoms with Crippen molar-refractivity contribution in [1.29, 1.82) is 0 Å². The molecule has 2 aromatic rings. The SMILES string of the molecule is CC(CC(=O)c1ccco1)NC(=O)c1cc(Cl)cc(F)c1N. The molecular formula is C15H14ClFN2O3. The van der Waals surface area contributed by atoms with Crippen LogP contribution in [0.1, 0.15) is 34.3 Å². The van der Waals surface area contributed by atoms with Gasteiger partial charge in [0, 0.05) is 17.5 Å². The summed E-state index contributed by atoms with van der Waals surface area (Å²) in [7, 11) is 0. The predicted molar refractivity (Wildman–Crippen MR) is 80.4 cm³/mol. The summed E-state index contributed by atoms with van der Waals surface area (Å²) in [4.78, 5) is 24.0. The minimum absolute atomic E-state index is 0.0439. The van der Waals surface area contributed by atoms with Gasteiger partial charge in [0.2, 0.25) is 0 Å². The minimum Gasteiger partial charge on any atom is -0.461 e. The number of hydrogen-bond acceptors (Lipinski definition) is 4. The van der Waals surface area contributed by atoms with Crippen LogP contribution in [0.15, 0.2) is 34.9 Å². The zero-order valence-electron chi connectivity index (χ0n) is 11.7. The quantitative estimate of drug-likeness (QED) is 0.654. The van der Waals surface area contributed by atoms with E-state index < -0.39 is 17.8 Å². The van der Waals surface area contributed by atoms with E-state index in [0.29, 0.717) is 0 Å². The molecule has 0 aliphatic carbocycles. The van der Waals surface area contributed by atoms with E-state index in [1.165, 1.54) is 12.3 Å². The fourth-order valence-corrected chi connectivity index (χ4v) is 2.15. The van der Waals surface area contributed by atoms with Crippen LogP contribution in [0, 0.1) is 5.82 Å². The molecule has 1 atom stereocenters. The van der Waals surface area contributed by atoms with Crippen molar-refractivity contribution >= 4 is 29.0 Å². The predicted octanol–water partition coefficient (Wildman–Crippen LogP) is 3.05. The van der Waals surface area contributed by atoms with Gasteiger partial charge in [-0.25, -0.2) is 4.39 Å². The molecule has 0 aliphatic heterocycles. The molecule has 3 N–H and O–H groups in total. The molecule has 1 unspecified atom stereocenters. The van der Waals surface area contributed by atoms with Gasteiger partial charge >= 0.3 is 0 Å². The summed E-state index contributed by atoms with van der Waals surface area (Å²) < 4.78 is 18.5. The van der Waals surface area contributed by atoms with E-state index in [1.54, 1.807) is 19.1 Å². The Morgan fingerprint density at radius 3 is 2.82 bits per heavy atom. The second-order valence-corrected chi connectivity index (χ2v) is 5.26. The summed E-state index contributed by atoms with van der Waals surface area (Å²) in [6, 6.07) is 4.97. The molecule has 2 rings (SSSR count). The van der Waals surface area contributed by atoms with Gasteiger partial charge in [0.1, 0.15) is 5.82 Å². The summed E-state index contributed by atoms with van der Waals surface area (Å²) in [5.41, 5.74) is 5.18. The Labute approximate surface area is 131 Å². The second-order valence-electron chi connectivity index (χ2n) is 4.83. The molecule has 22 heavy (non-hydrogen) atoms. The lowest BCUT2D eigenvalue weighted by Gasteiger charge is -2.14. The molecular weight excluding hydrogens is 311 g/mol. The lowest BCUT2D eigenvalue weighted by atomic mass is 10.1. The van der Waals surface area contributed by atoms with Gasteiger partial charge in [-0.15, -0.1) is 0 Å². The zero-order chi connectivity index (χ0) is 16.3. The largest absolute Gasteiger partial charge is 0.461 e. The number of rotatable bonds is 5. The van der Waals surface area contributed by atoms with Gasteiger partial charge < -0.3 is 15.5 Å². The molecule has 116 valence electrons. The number of anilines is 1. The van der Waals surface area contributed by atoms with Crippen LogP contribution in [-0.4, -0.2) is 17.7 Å². The Hall–Kier alpha value is -2.34. The van der Waals surface area contributed by atoms with Crippen molar-refractivity contribution in [3.63, 3.8) is 0 Å². The summed E-state index contributed by atoms with van der Waals surface area (Å²) in [6.07, 6.45) is 1.44. The number of hydrogen-bond donors (Lipinski definition) is 2. The van der Waals surface area contributed by atoms with Gasteiger partial charge in [-0.2, -0.15) is 0 Å². The Morgan fingerprint density at radius 1 is 1.45 bits per heavy atom. The highest BCUT2D eigenvalue weighted by molar-refractivity contribution is 6.31. The van der Waals surface area contributed by atoms with Crippen LogP contribution in [0.2, 0.25) is 5.02 Å². The minimum atomic E-state index is -0.767. The third-order valence-corrected chi connectivity index (χ3v) is 3.22. The molecule has 0 spiro atoms. The number of ketones is 1. The maximum atomic E-state index is 13.5. The average Bonchev–Trinajstić information content (AvgIpc) is 2.96. The number of nitrogen functional groups attached to an aromatic ring is 1. The zero-order valence-corrected chi connectivity index (χ0v) is 12.5. The number of carbonyl (C=O) groups excluding carboxylic acids is 2. The van der Waals surface area contributed by atoms with Crippen molar-refractivity contribution < 1.29 is 18.4 Å². The topological polar surface area (TPSA) is 85.3 Å². The summed E-state index contributed by atoms with van der Waals surface area (Å²) >= 11 is 5.71. The molecule has 0 aliphatic rings. The Morgan fingerprint density at radius 2 is 2.18 bits per heavy atom. The van der Waals surface area contributed by atoms with Gasteiger partial charge in [-0.1, -0.05) is 11.6 Å². The Kier molecular flexibility index (Phi) is 4.82. The molecule has 1 aromatic carbocycles. The maximum absolute atomic E-state index is 13.5. The molecule has 0 saturated carbocycles. The monoisotopic (exact) mass is 324 g/mol. The third-order valence-electron chi connectivity index (χ3n) is 3.00. The summed E-state index contributed by atoms with van der Waals surface area (Å²) in [5, 5.41) is 2.64. The van der Waals surface area contributed by atoms with Crippen LogP contribution in [0.5, 0.6) is 0 Å². The van der Waals surface area contributed by atoms with Crippen LogP contribution in [0.25, 0.3) is 0 Å². The summed E-state index contributed by atoms with van der Waals surface area (Å²) in [6.45, 7) is 1.65. The first-order valence-corrected chi connectivity index (χ1v) is 6.88. The van der Waals surface area contributed by atoms with E-state index in [-0.39, 0.29) is 34.2 Å². The van der Waals surface area contributed by atoms with Gasteiger partial charge in [0.25, 0.3) is 5.91 Å². The van der Waals surface area contributed by atoms with E-state index in [1.807, 2.05) is 0 Å². The van der Waals surface area contributed by atoms with E-state index in [9.17, 15) is 14.0 Å². The first-order chi connectivity index (χ1) is 10.4. The highest BCUT2D eigenvalue weighted by Crippen LogP contribution is 2.22. The van der Waals surface area contributed by atoms with Gasteiger partial charge in [0.15, 0.2) is 11.5 Å². The van der Waals surface area contributed by atoms with Crippen LogP contribution < -0.4 is 11.1 Å². The van der Waals surface area contributed by atoms with Crippen molar-refractivity contribution in [3.05, 3.63) is 52.7 Å². The fourth-order valence-electron chi connectivity index (χ4n) is 1.94. The highest BCUT2D eigenvalue weighted by Gasteiger charge is 2.19. The number of benzene rings is 1. The van der Waals surface area contributed by atoms with Gasteiger partial charge in [-0.05, 0) is 31.2 Å². The molecule has 1 amide bonds. The number of nitrogens with two attached hydrogens (primary N) is 1. The fraction of sp³-hybridized carbons (Fsp3) is 0.200. The van der Waals surface area contributed by atoms with Crippen LogP contribution in [0.3, 0.4) is 0 Å². The Bertz CT molecular complexity index is 701. The molecule has 0 saturated heterocycles. The molecule has 5 nitrogen and oxygen atoms in total. The number of nitrogens with one attached hydrogen (secondary N) is 1. The van der Waals surface area contributed by atoms with Crippen LogP contribution >= 0.6 is 11.6 Å². The molecule has 0 fully saturated rings. The molecule has 0 radical (unpaired) electrons. The number of carbonyl (C=O) groups is 2. The number of furan rings is 1. The number of halogens is 2. The number of Topliss-reactive ketones (excluding diaryl/α,β-unsaturated/α-hetero) is 1. The highest BCUT2D eigenvalue weighted by atomic mass is 35.5. The molecule has 0 bridgehead atoms. The van der Waals surface area contributed by atoms with Crippen LogP contribution in [0.4, 0.5) is 10.1 Å². The second kappa shape index (κ2) is 6.62. The standard InChI is InChI=1S/C15H14ClFN2O3/c1-8(5-12(20)13-3-2-4-22-13)19-15(21)10-6-9(16)7-11(17)14(10)18/h2-4,6-8H,5,18H2,1H3,(H,19,21). The van der Waals surface area contributed by atoms with E-state index >= 15 is 0 Å². The van der Waals surface area contributed by atoms with Crippen molar-refractivity contribution in [2.24, 2.45) is 0 Å². The van der Waals surface area contributed by atoms with E-state index in [2.05, 4.69) is 5.32 Å². The lowest BCUT2D eigenvalue weighted by Crippen LogP contribution is -2.34. The smallest absolute Gasteiger partial charge is 0.253 e. The molecule has 1 heterocycles. The first kappa shape index (κ1) is 16.0. The van der Waals surface area contributed by atoms with Crippen molar-refractivity contribution in [2.75, 3.05) is 5.73 Å². The normalized spacial score (nSPS) is 12.0. The lowest BCUT2D eigenvalue weighted by molar-refractivity contribution is 0.0907. The van der Waals surface area contributed by atoms with Crippen LogP contribution in [-0.2, 0) is 0 Å². The van der Waals surface area contributed by atoms with E-state index in [0.717, 1.165) is 6.07 Å². The van der Waals surface area contributed by atoms with E-state index in [4.69, 9.17) is 21.8 Å². The number of amides is 1. The maximum Gasteiger partial charge on any atom is 0.253 e. The molecule has 1 aromatic heterocycles. The van der Waals surface area contributed by atoms with Gasteiger partial charge in [-0.3, -0.25) is 9.59 Å². The third kappa shape index (κ3) is 3.65. The summed E-state index contributed by atoms with van der Waals surface area (Å²) in [5.74, 6) is -1.40. The average molecular weight is 325 g/mol. The molecule has 7 heteroatoms. The van der Waals surface area contributed by atoms with Crippen molar-refractivity contribution in [2.45, 2.75) is 19.4 Å². The van der Waals surface area contributed by atoms with Crippen molar-refractivity contribution in [3.8, 4) is 0 Å². The van der Waals surface area contributed by atoms with Gasteiger partial charge in [0.05, 0.1) is 17.5 Å². The first-order valence-electron chi connectivity index (χ1n) is 6.50. The Balaban J connectivity index is 2.04.